The summed E-state index contributed by atoms with van der Waals surface area (Å²) in [6.07, 6.45) is 1.66. The van der Waals surface area contributed by atoms with Gasteiger partial charge >= 0.3 is 5.97 Å². The number of benzene rings is 3. The lowest BCUT2D eigenvalue weighted by Gasteiger charge is -2.26. The van der Waals surface area contributed by atoms with E-state index in [1.54, 1.807) is 24.3 Å². The molecule has 0 saturated heterocycles. The number of nitriles is 1. The summed E-state index contributed by atoms with van der Waals surface area (Å²) in [4.78, 5) is 13.0. The van der Waals surface area contributed by atoms with Gasteiger partial charge in [-0.05, 0) is 35.9 Å². The number of hydrogen-bond acceptors (Lipinski definition) is 9. The number of allylic oxidation sites excluding steroid dienone is 1. The average Bonchev–Trinajstić information content (AvgIpc) is 2.94. The maximum Gasteiger partial charge on any atom is 0.343 e. The standard InChI is InChI=1S/C29H26N2O7/c1-5-12-36-19-8-6-17(7-9-19)26-21-11-10-20(15-23(21)38-28(31)22(26)16-30)37-29(32)18-13-24(33-2)27(35-4)25(14-18)34-3/h5-11,13-15,26H,1,12,31H2,2-4H3. The monoisotopic (exact) mass is 514 g/mol. The Kier molecular flexibility index (Phi) is 7.73. The largest absolute Gasteiger partial charge is 0.493 e. The number of hydrogen-bond donors (Lipinski definition) is 1. The molecule has 3 aromatic rings. The van der Waals surface area contributed by atoms with Crippen molar-refractivity contribution >= 4 is 5.97 Å². The summed E-state index contributed by atoms with van der Waals surface area (Å²) in [7, 11) is 4.39. The zero-order chi connectivity index (χ0) is 27.2. The molecule has 9 heteroatoms. The lowest BCUT2D eigenvalue weighted by atomic mass is 9.83. The molecule has 1 heterocycles. The Morgan fingerprint density at radius 3 is 2.26 bits per heavy atom. The Morgan fingerprint density at radius 2 is 1.68 bits per heavy atom. The molecule has 194 valence electrons. The molecule has 3 aromatic carbocycles. The van der Waals surface area contributed by atoms with Crippen molar-refractivity contribution in [1.29, 1.82) is 5.26 Å². The molecule has 0 aromatic heterocycles. The van der Waals surface area contributed by atoms with Gasteiger partial charge in [0.15, 0.2) is 11.5 Å². The van der Waals surface area contributed by atoms with E-state index in [1.807, 2.05) is 24.3 Å². The topological polar surface area (TPSA) is 122 Å². The number of methoxy groups -OCH3 is 3. The van der Waals surface area contributed by atoms with Crippen molar-refractivity contribution in [2.75, 3.05) is 27.9 Å². The molecule has 0 aliphatic carbocycles. The second-order valence-electron chi connectivity index (χ2n) is 8.10. The predicted octanol–water partition coefficient (Wildman–Crippen LogP) is 4.71. The van der Waals surface area contributed by atoms with Crippen LogP contribution >= 0.6 is 0 Å². The van der Waals surface area contributed by atoms with Gasteiger partial charge in [-0.3, -0.25) is 0 Å². The fourth-order valence-electron chi connectivity index (χ4n) is 4.12. The first kappa shape index (κ1) is 26.0. The fraction of sp³-hybridized carbons (Fsp3) is 0.172. The van der Waals surface area contributed by atoms with Crippen LogP contribution in [0, 0.1) is 11.3 Å². The second kappa shape index (κ2) is 11.3. The first-order chi connectivity index (χ1) is 18.4. The smallest absolute Gasteiger partial charge is 0.343 e. The van der Waals surface area contributed by atoms with Crippen LogP contribution in [0.1, 0.15) is 27.4 Å². The zero-order valence-electron chi connectivity index (χ0n) is 21.1. The van der Waals surface area contributed by atoms with E-state index >= 15 is 0 Å². The summed E-state index contributed by atoms with van der Waals surface area (Å²) in [6.45, 7) is 4.03. The van der Waals surface area contributed by atoms with E-state index in [9.17, 15) is 10.1 Å². The highest BCUT2D eigenvalue weighted by molar-refractivity contribution is 5.92. The molecule has 0 radical (unpaired) electrons. The molecular weight excluding hydrogens is 488 g/mol. The van der Waals surface area contributed by atoms with Gasteiger partial charge in [0.2, 0.25) is 11.6 Å². The molecule has 4 rings (SSSR count). The molecule has 0 fully saturated rings. The minimum atomic E-state index is -0.645. The van der Waals surface area contributed by atoms with E-state index in [-0.39, 0.29) is 22.8 Å². The van der Waals surface area contributed by atoms with Crippen molar-refractivity contribution in [3.63, 3.8) is 0 Å². The van der Waals surface area contributed by atoms with Crippen LogP contribution < -0.4 is 34.2 Å². The Hall–Kier alpha value is -5.10. The molecule has 1 atom stereocenters. The quantitative estimate of drug-likeness (QED) is 0.246. The number of fused-ring (bicyclic) bond motifs is 1. The molecule has 2 N–H and O–H groups in total. The van der Waals surface area contributed by atoms with Gasteiger partial charge < -0.3 is 34.2 Å². The van der Waals surface area contributed by atoms with Gasteiger partial charge in [-0.2, -0.15) is 5.26 Å². The molecule has 1 aliphatic rings. The summed E-state index contributed by atoms with van der Waals surface area (Å²) in [5, 5.41) is 9.81. The summed E-state index contributed by atoms with van der Waals surface area (Å²) < 4.78 is 32.8. The van der Waals surface area contributed by atoms with Gasteiger partial charge in [0.05, 0.1) is 32.8 Å². The highest BCUT2D eigenvalue weighted by Crippen LogP contribution is 2.44. The normalized spacial score (nSPS) is 13.9. The SMILES string of the molecule is C=CCOc1ccc(C2C(C#N)=C(N)Oc3cc(OC(=O)c4cc(OC)c(OC)c(OC)c4)ccc32)cc1. The predicted molar refractivity (Wildman–Crippen MR) is 139 cm³/mol. The summed E-state index contributed by atoms with van der Waals surface area (Å²) in [5.74, 6) is 1.11. The minimum Gasteiger partial charge on any atom is -0.493 e. The van der Waals surface area contributed by atoms with Crippen LogP contribution in [-0.2, 0) is 0 Å². The van der Waals surface area contributed by atoms with Gasteiger partial charge in [-0.1, -0.05) is 30.9 Å². The van der Waals surface area contributed by atoms with Crippen molar-refractivity contribution < 1.29 is 33.2 Å². The maximum absolute atomic E-state index is 13.0. The highest BCUT2D eigenvalue weighted by Gasteiger charge is 2.31. The molecule has 0 saturated carbocycles. The second-order valence-corrected chi connectivity index (χ2v) is 8.10. The average molecular weight is 515 g/mol. The molecule has 38 heavy (non-hydrogen) atoms. The van der Waals surface area contributed by atoms with Gasteiger partial charge in [0, 0.05) is 11.6 Å². The van der Waals surface area contributed by atoms with Crippen molar-refractivity contribution in [3.8, 4) is 40.6 Å². The van der Waals surface area contributed by atoms with E-state index in [4.69, 9.17) is 34.2 Å². The maximum atomic E-state index is 13.0. The minimum absolute atomic E-state index is 0.0231. The fourth-order valence-corrected chi connectivity index (χ4v) is 4.12. The number of nitrogens with zero attached hydrogens (tertiary/aromatic N) is 1. The van der Waals surface area contributed by atoms with Crippen molar-refractivity contribution in [3.05, 3.63) is 95.4 Å². The van der Waals surface area contributed by atoms with Crippen LogP contribution in [0.2, 0.25) is 0 Å². The lowest BCUT2D eigenvalue weighted by Crippen LogP contribution is -2.21. The van der Waals surface area contributed by atoms with Gasteiger partial charge in [-0.15, -0.1) is 0 Å². The highest BCUT2D eigenvalue weighted by atomic mass is 16.5. The van der Waals surface area contributed by atoms with Crippen LogP contribution in [0.4, 0.5) is 0 Å². The Labute approximate surface area is 220 Å². The summed E-state index contributed by atoms with van der Waals surface area (Å²) in [5.41, 5.74) is 8.10. The van der Waals surface area contributed by atoms with Gasteiger partial charge in [0.25, 0.3) is 0 Å². The summed E-state index contributed by atoms with van der Waals surface area (Å²) >= 11 is 0. The van der Waals surface area contributed by atoms with Crippen LogP contribution in [0.25, 0.3) is 0 Å². The number of carbonyl (C=O) groups is 1. The third-order valence-electron chi connectivity index (χ3n) is 5.88. The van der Waals surface area contributed by atoms with Crippen molar-refractivity contribution in [1.82, 2.24) is 0 Å². The number of ether oxygens (including phenoxy) is 6. The molecule has 1 unspecified atom stereocenters. The van der Waals surface area contributed by atoms with Gasteiger partial charge in [-0.25, -0.2) is 4.79 Å². The number of rotatable bonds is 9. The molecule has 1 aliphatic heterocycles. The third-order valence-corrected chi connectivity index (χ3v) is 5.88. The molecular formula is C29H26N2O7. The Bertz CT molecular complexity index is 1410. The van der Waals surface area contributed by atoms with E-state index in [1.165, 1.54) is 33.5 Å². The van der Waals surface area contributed by atoms with Crippen LogP contribution in [0.15, 0.2) is 78.7 Å². The first-order valence-corrected chi connectivity index (χ1v) is 11.5. The Morgan fingerprint density at radius 1 is 1.03 bits per heavy atom. The van der Waals surface area contributed by atoms with Crippen molar-refractivity contribution in [2.24, 2.45) is 5.73 Å². The third kappa shape index (κ3) is 5.06. The number of esters is 1. The van der Waals surface area contributed by atoms with Gasteiger partial charge in [0.1, 0.15) is 35.5 Å². The van der Waals surface area contributed by atoms with E-state index in [0.717, 1.165) is 5.56 Å². The molecule has 0 spiro atoms. The van der Waals surface area contributed by atoms with Crippen molar-refractivity contribution in [2.45, 2.75) is 5.92 Å². The van der Waals surface area contributed by atoms with Crippen LogP contribution in [-0.4, -0.2) is 33.9 Å². The van der Waals surface area contributed by atoms with Crippen LogP contribution in [0.3, 0.4) is 0 Å². The Balaban J connectivity index is 1.64. The van der Waals surface area contributed by atoms with E-state index < -0.39 is 11.9 Å². The molecule has 0 amide bonds. The lowest BCUT2D eigenvalue weighted by molar-refractivity contribution is 0.0733. The number of carbonyl (C=O) groups excluding carboxylic acids is 1. The molecule has 0 bridgehead atoms. The van der Waals surface area contributed by atoms with Crippen LogP contribution in [0.5, 0.6) is 34.5 Å². The first-order valence-electron chi connectivity index (χ1n) is 11.5. The summed E-state index contributed by atoms with van der Waals surface area (Å²) in [6, 6.07) is 17.4. The number of nitrogens with two attached hydrogens (primary N) is 1. The van der Waals surface area contributed by atoms with E-state index in [0.29, 0.717) is 40.9 Å². The van der Waals surface area contributed by atoms with E-state index in [2.05, 4.69) is 12.6 Å². The molecule has 9 nitrogen and oxygen atoms in total. The zero-order valence-corrected chi connectivity index (χ0v) is 21.1.